The van der Waals surface area contributed by atoms with E-state index in [0.717, 1.165) is 54.3 Å². The molecule has 0 spiro atoms. The van der Waals surface area contributed by atoms with Crippen molar-refractivity contribution < 1.29 is 9.63 Å². The van der Waals surface area contributed by atoms with E-state index in [1.165, 1.54) is 6.40 Å². The molecule has 3 aliphatic rings. The molecule has 1 aliphatic heterocycles. The zero-order valence-corrected chi connectivity index (χ0v) is 23.3. The Balaban J connectivity index is 0.000000201. The fraction of sp³-hybridized carbons (Fsp3) is 0.375. The maximum Gasteiger partial charge on any atom is 0.207 e. The number of oxime groups is 1. The maximum absolute atomic E-state index is 12.9. The summed E-state index contributed by atoms with van der Waals surface area (Å²) in [7, 11) is 2.13. The number of rotatable bonds is 3. The van der Waals surface area contributed by atoms with Gasteiger partial charge in [0.1, 0.15) is 0 Å². The number of ketones is 1. The third-order valence-corrected chi connectivity index (χ3v) is 7.76. The molecule has 7 heteroatoms. The Morgan fingerprint density at radius 3 is 2.49 bits per heavy atom. The van der Waals surface area contributed by atoms with Gasteiger partial charge in [-0.1, -0.05) is 61.5 Å². The number of aliphatic imine (C=N–C) groups is 1. The summed E-state index contributed by atoms with van der Waals surface area (Å²) in [6.07, 6.45) is 8.28. The minimum Gasteiger partial charge on any atom is -0.355 e. The first kappa shape index (κ1) is 28.2. The van der Waals surface area contributed by atoms with Crippen LogP contribution in [0.3, 0.4) is 0 Å². The summed E-state index contributed by atoms with van der Waals surface area (Å²) in [5, 5.41) is 5.42. The molecular formula is C32H38N4O3. The van der Waals surface area contributed by atoms with Gasteiger partial charge in [-0.15, -0.1) is 0 Å². The molecule has 2 atom stereocenters. The van der Waals surface area contributed by atoms with Crippen LogP contribution in [0.4, 0.5) is 0 Å². The molecule has 0 saturated carbocycles. The summed E-state index contributed by atoms with van der Waals surface area (Å²) in [4.78, 5) is 40.3. The van der Waals surface area contributed by atoms with E-state index in [1.54, 1.807) is 0 Å². The van der Waals surface area contributed by atoms with Crippen LogP contribution in [0.15, 0.2) is 63.5 Å². The summed E-state index contributed by atoms with van der Waals surface area (Å²) in [5.74, 6) is 0.0177. The number of H-pyrrole nitrogens is 1. The average molecular weight is 527 g/mol. The van der Waals surface area contributed by atoms with Crippen molar-refractivity contribution in [2.75, 3.05) is 20.1 Å². The highest BCUT2D eigenvalue weighted by Gasteiger charge is 2.34. The zero-order valence-electron chi connectivity index (χ0n) is 23.3. The van der Waals surface area contributed by atoms with Gasteiger partial charge in [0.2, 0.25) is 6.40 Å². The Hall–Kier alpha value is -3.84. The van der Waals surface area contributed by atoms with Crippen LogP contribution in [0, 0.1) is 11.8 Å². The number of likely N-dealkylation sites (tertiary alicyclic amines) is 1. The predicted octanol–water partition coefficient (Wildman–Crippen LogP) is 3.93. The monoisotopic (exact) mass is 526 g/mol. The Kier molecular flexibility index (Phi) is 8.92. The van der Waals surface area contributed by atoms with Crippen molar-refractivity contribution in [2.45, 2.75) is 45.6 Å². The molecule has 7 nitrogen and oxygen atoms in total. The van der Waals surface area contributed by atoms with Gasteiger partial charge >= 0.3 is 0 Å². The number of aromatic amines is 1. The minimum absolute atomic E-state index is 0.0250. The van der Waals surface area contributed by atoms with Gasteiger partial charge in [-0.05, 0) is 62.9 Å². The number of Topliss-reactive ketones (excluding diaryl/α,β-unsaturated/α-hetero) is 1. The van der Waals surface area contributed by atoms with Crippen LogP contribution >= 0.6 is 0 Å². The van der Waals surface area contributed by atoms with Gasteiger partial charge in [-0.25, -0.2) is 4.99 Å². The van der Waals surface area contributed by atoms with E-state index in [2.05, 4.69) is 45.6 Å². The molecule has 39 heavy (non-hydrogen) atoms. The summed E-state index contributed by atoms with van der Waals surface area (Å²) in [5.41, 5.74) is 2.77. The van der Waals surface area contributed by atoms with Crippen LogP contribution in [-0.4, -0.2) is 54.5 Å². The van der Waals surface area contributed by atoms with Gasteiger partial charge in [0.05, 0.1) is 5.54 Å². The van der Waals surface area contributed by atoms with Crippen molar-refractivity contribution in [1.82, 2.24) is 9.88 Å². The summed E-state index contributed by atoms with van der Waals surface area (Å²) in [6, 6.07) is 15.3. The average Bonchev–Trinajstić information content (AvgIpc) is 2.96. The van der Waals surface area contributed by atoms with E-state index in [0.29, 0.717) is 10.6 Å². The van der Waals surface area contributed by atoms with Crippen LogP contribution in [0.5, 0.6) is 0 Å². The van der Waals surface area contributed by atoms with E-state index < -0.39 is 0 Å². The van der Waals surface area contributed by atoms with E-state index in [-0.39, 0.29) is 28.6 Å². The molecule has 1 aromatic heterocycles. The third-order valence-electron chi connectivity index (χ3n) is 7.76. The fourth-order valence-electron chi connectivity index (χ4n) is 5.43. The SMILES string of the molecule is C=NOC=NC1(C)CCN(C)CC1.CC.O=C1c2ccccc2CC2C=c3c([nH]c4ccccc4c3=O)=CC12. The van der Waals surface area contributed by atoms with Crippen molar-refractivity contribution in [2.24, 2.45) is 22.0 Å². The van der Waals surface area contributed by atoms with Crippen LogP contribution in [0.25, 0.3) is 23.1 Å². The number of piperidine rings is 1. The Morgan fingerprint density at radius 1 is 1.05 bits per heavy atom. The van der Waals surface area contributed by atoms with Crippen LogP contribution in [0.1, 0.15) is 49.5 Å². The zero-order chi connectivity index (χ0) is 28.0. The van der Waals surface area contributed by atoms with E-state index in [4.69, 9.17) is 0 Å². The molecule has 6 rings (SSSR count). The number of hydrogen-bond acceptors (Lipinski definition) is 6. The highest BCUT2D eigenvalue weighted by Crippen LogP contribution is 2.33. The summed E-state index contributed by atoms with van der Waals surface area (Å²) in [6.45, 7) is 11.5. The number of nitrogens with one attached hydrogen (secondary N) is 1. The van der Waals surface area contributed by atoms with Crippen molar-refractivity contribution in [3.8, 4) is 0 Å². The number of carbonyl (C=O) groups is 1. The van der Waals surface area contributed by atoms with E-state index in [9.17, 15) is 9.59 Å². The first-order chi connectivity index (χ1) is 18.9. The second kappa shape index (κ2) is 12.3. The molecule has 2 unspecified atom stereocenters. The smallest absolute Gasteiger partial charge is 0.207 e. The Morgan fingerprint density at radius 2 is 1.74 bits per heavy atom. The molecule has 0 radical (unpaired) electrons. The molecule has 1 fully saturated rings. The van der Waals surface area contributed by atoms with Gasteiger partial charge in [0.25, 0.3) is 0 Å². The fourth-order valence-corrected chi connectivity index (χ4v) is 5.43. The molecule has 2 aromatic carbocycles. The molecule has 3 aromatic rings. The van der Waals surface area contributed by atoms with Crippen molar-refractivity contribution in [3.63, 3.8) is 0 Å². The second-order valence-corrected chi connectivity index (χ2v) is 10.3. The molecule has 2 aliphatic carbocycles. The van der Waals surface area contributed by atoms with Crippen molar-refractivity contribution in [3.05, 3.63) is 80.4 Å². The first-order valence-electron chi connectivity index (χ1n) is 13.7. The predicted molar refractivity (Wildman–Crippen MR) is 160 cm³/mol. The Bertz CT molecular complexity index is 1550. The standard InChI is InChI=1S/C21H15NO2.C9H17N3O.C2H6/c23-20-14-6-2-1-5-12(14)9-13-10-17-19(11-16(13)20)22-18-8-4-3-7-15(18)21(17)24;1-9(11-8-13-10-2)4-6-12(3)7-5-9;1-2/h1-8,10-11,13,16,22H,9H2;8H,2,4-7H2,1,3H3;1-2H3. The first-order valence-corrected chi connectivity index (χ1v) is 13.7. The molecule has 1 saturated heterocycles. The number of hydrogen-bond donors (Lipinski definition) is 1. The quantitative estimate of drug-likeness (QED) is 0.318. The summed E-state index contributed by atoms with van der Waals surface area (Å²) < 4.78 is 0. The molecular weight excluding hydrogens is 488 g/mol. The Labute approximate surface area is 229 Å². The number of carbonyl (C=O) groups excluding carboxylic acids is 1. The molecule has 0 amide bonds. The lowest BCUT2D eigenvalue weighted by molar-refractivity contribution is 0.0921. The third kappa shape index (κ3) is 6.09. The molecule has 2 heterocycles. The number of fused-ring (bicyclic) bond motifs is 4. The lowest BCUT2D eigenvalue weighted by Gasteiger charge is -2.34. The largest absolute Gasteiger partial charge is 0.355 e. The van der Waals surface area contributed by atoms with E-state index >= 15 is 0 Å². The normalized spacial score (nSPS) is 21.0. The number of pyridine rings is 1. The number of aromatic nitrogens is 1. The molecule has 0 bridgehead atoms. The topological polar surface area (TPSA) is 87.1 Å². The number of para-hydroxylation sites is 1. The van der Waals surface area contributed by atoms with Crippen molar-refractivity contribution >= 4 is 42.0 Å². The lowest BCUT2D eigenvalue weighted by atomic mass is 9.73. The lowest BCUT2D eigenvalue weighted by Crippen LogP contribution is -2.47. The van der Waals surface area contributed by atoms with Crippen LogP contribution in [0.2, 0.25) is 0 Å². The minimum atomic E-state index is -0.191. The highest BCUT2D eigenvalue weighted by atomic mass is 16.6. The molecule has 204 valence electrons. The number of benzene rings is 2. The number of nitrogens with zero attached hydrogens (tertiary/aromatic N) is 3. The van der Waals surface area contributed by atoms with Gasteiger partial charge in [0, 0.05) is 52.8 Å². The highest BCUT2D eigenvalue weighted by molar-refractivity contribution is 6.04. The van der Waals surface area contributed by atoms with Gasteiger partial charge in [-0.2, -0.15) is 0 Å². The maximum atomic E-state index is 12.9. The van der Waals surface area contributed by atoms with Gasteiger partial charge < -0.3 is 14.7 Å². The van der Waals surface area contributed by atoms with Crippen LogP contribution < -0.4 is 16.0 Å². The second-order valence-electron chi connectivity index (χ2n) is 10.3. The van der Waals surface area contributed by atoms with Crippen molar-refractivity contribution in [1.29, 1.82) is 0 Å². The molecule has 1 N–H and O–H groups in total. The van der Waals surface area contributed by atoms with Gasteiger partial charge in [-0.3, -0.25) is 9.59 Å². The summed E-state index contributed by atoms with van der Waals surface area (Å²) >= 11 is 0. The van der Waals surface area contributed by atoms with Gasteiger partial charge in [0.15, 0.2) is 11.2 Å². The van der Waals surface area contributed by atoms with E-state index in [1.807, 2.05) is 74.5 Å². The van der Waals surface area contributed by atoms with Crippen LogP contribution in [-0.2, 0) is 11.3 Å².